The van der Waals surface area contributed by atoms with E-state index in [0.29, 0.717) is 17.8 Å². The molecule has 1 aliphatic rings. The number of aromatic nitrogens is 3. The Labute approximate surface area is 128 Å². The Morgan fingerprint density at radius 3 is 2.62 bits per heavy atom. The zero-order valence-electron chi connectivity index (χ0n) is 12.1. The van der Waals surface area contributed by atoms with Gasteiger partial charge in [0.1, 0.15) is 0 Å². The number of thioether (sulfide) groups is 1. The highest BCUT2D eigenvalue weighted by atomic mass is 32.2. The number of nitrogen functional groups attached to an aromatic ring is 1. The van der Waals surface area contributed by atoms with Crippen LogP contribution in [0.3, 0.4) is 0 Å². The van der Waals surface area contributed by atoms with E-state index < -0.39 is 0 Å². The van der Waals surface area contributed by atoms with Crippen LogP contribution in [0.4, 0.5) is 17.8 Å². The van der Waals surface area contributed by atoms with Gasteiger partial charge in [0.2, 0.25) is 17.8 Å². The summed E-state index contributed by atoms with van der Waals surface area (Å²) in [5.41, 5.74) is 2.49. The quantitative estimate of drug-likeness (QED) is 0.290. The number of aliphatic hydroxyl groups excluding tert-OH is 1. The van der Waals surface area contributed by atoms with Gasteiger partial charge in [0.05, 0.1) is 0 Å². The van der Waals surface area contributed by atoms with Crippen molar-refractivity contribution in [3.8, 4) is 0 Å². The number of rotatable bonds is 9. The number of aliphatic hydroxyl groups is 1. The van der Waals surface area contributed by atoms with Crippen molar-refractivity contribution in [1.82, 2.24) is 15.0 Å². The lowest BCUT2D eigenvalue weighted by atomic mass is 10.4. The van der Waals surface area contributed by atoms with E-state index in [0.717, 1.165) is 37.6 Å². The fraction of sp³-hybridized carbons (Fsp3) is 0.750. The second-order valence-corrected chi connectivity index (χ2v) is 5.96. The first-order valence-corrected chi connectivity index (χ1v) is 8.39. The second kappa shape index (κ2) is 8.85. The van der Waals surface area contributed by atoms with Crippen molar-refractivity contribution < 1.29 is 5.11 Å². The van der Waals surface area contributed by atoms with Crippen LogP contribution in [-0.2, 0) is 0 Å². The van der Waals surface area contributed by atoms with Gasteiger partial charge >= 0.3 is 0 Å². The summed E-state index contributed by atoms with van der Waals surface area (Å²) in [5, 5.41) is 11.9. The summed E-state index contributed by atoms with van der Waals surface area (Å²) in [5.74, 6) is 8.92. The molecule has 21 heavy (non-hydrogen) atoms. The number of nitrogens with zero attached hydrogens (tertiary/aromatic N) is 4. The molecule has 0 amide bonds. The van der Waals surface area contributed by atoms with Crippen molar-refractivity contribution in [2.45, 2.75) is 19.3 Å². The van der Waals surface area contributed by atoms with Crippen molar-refractivity contribution in [1.29, 1.82) is 0 Å². The van der Waals surface area contributed by atoms with Gasteiger partial charge in [-0.15, -0.1) is 0 Å². The first kappa shape index (κ1) is 16.1. The highest BCUT2D eigenvalue weighted by molar-refractivity contribution is 7.99. The zero-order chi connectivity index (χ0) is 14.9. The minimum absolute atomic E-state index is 0.249. The van der Waals surface area contributed by atoms with Gasteiger partial charge in [-0.05, 0) is 25.0 Å². The molecule has 1 aliphatic heterocycles. The van der Waals surface area contributed by atoms with E-state index in [4.69, 9.17) is 10.9 Å². The van der Waals surface area contributed by atoms with E-state index >= 15 is 0 Å². The topological polar surface area (TPSA) is 112 Å². The Balaban J connectivity index is 1.87. The molecule has 0 atom stereocenters. The van der Waals surface area contributed by atoms with E-state index in [1.807, 2.05) is 0 Å². The van der Waals surface area contributed by atoms with E-state index in [1.165, 1.54) is 12.8 Å². The van der Waals surface area contributed by atoms with E-state index in [1.54, 1.807) is 11.8 Å². The Bertz CT molecular complexity index is 428. The summed E-state index contributed by atoms with van der Waals surface area (Å²) < 4.78 is 0. The molecule has 0 spiro atoms. The maximum absolute atomic E-state index is 8.71. The molecule has 2 rings (SSSR count). The largest absolute Gasteiger partial charge is 0.396 e. The monoisotopic (exact) mass is 313 g/mol. The average Bonchev–Trinajstić information content (AvgIpc) is 3.05. The Morgan fingerprint density at radius 1 is 1.14 bits per heavy atom. The van der Waals surface area contributed by atoms with Crippen molar-refractivity contribution in [3.05, 3.63) is 0 Å². The van der Waals surface area contributed by atoms with Crippen LogP contribution in [0.1, 0.15) is 19.3 Å². The van der Waals surface area contributed by atoms with E-state index in [-0.39, 0.29) is 6.61 Å². The van der Waals surface area contributed by atoms with Crippen LogP contribution in [0.2, 0.25) is 0 Å². The minimum atomic E-state index is 0.249. The molecule has 5 N–H and O–H groups in total. The molecule has 0 radical (unpaired) electrons. The lowest BCUT2D eigenvalue weighted by Gasteiger charge is -2.16. The summed E-state index contributed by atoms with van der Waals surface area (Å²) in [6.07, 6.45) is 3.17. The fourth-order valence-electron chi connectivity index (χ4n) is 2.07. The normalized spacial score (nSPS) is 14.5. The Morgan fingerprint density at radius 2 is 1.90 bits per heavy atom. The first-order chi connectivity index (χ1) is 10.3. The molecular weight excluding hydrogens is 290 g/mol. The minimum Gasteiger partial charge on any atom is -0.396 e. The van der Waals surface area contributed by atoms with Gasteiger partial charge < -0.3 is 15.3 Å². The Hall–Kier alpha value is -1.32. The number of anilines is 3. The van der Waals surface area contributed by atoms with Gasteiger partial charge in [-0.2, -0.15) is 26.7 Å². The van der Waals surface area contributed by atoms with Crippen LogP contribution in [0, 0.1) is 0 Å². The maximum atomic E-state index is 8.71. The molecule has 1 saturated heterocycles. The third kappa shape index (κ3) is 5.18. The van der Waals surface area contributed by atoms with Crippen molar-refractivity contribution in [3.63, 3.8) is 0 Å². The predicted octanol–water partition coefficient (Wildman–Crippen LogP) is 0.285. The number of nitrogens with two attached hydrogens (primary N) is 1. The molecule has 1 fully saturated rings. The van der Waals surface area contributed by atoms with Gasteiger partial charge in [0.25, 0.3) is 0 Å². The van der Waals surface area contributed by atoms with E-state index in [2.05, 4.69) is 30.6 Å². The number of nitrogens with one attached hydrogen (secondary N) is 2. The molecule has 0 aromatic carbocycles. The molecule has 0 aliphatic carbocycles. The molecule has 0 bridgehead atoms. The van der Waals surface area contributed by atoms with E-state index in [9.17, 15) is 0 Å². The smallest absolute Gasteiger partial charge is 0.243 e. The number of hydrogen-bond donors (Lipinski definition) is 4. The summed E-state index contributed by atoms with van der Waals surface area (Å²) in [6.45, 7) is 2.97. The van der Waals surface area contributed by atoms with Crippen LogP contribution < -0.4 is 21.5 Å². The van der Waals surface area contributed by atoms with Crippen molar-refractivity contribution in [2.24, 2.45) is 5.84 Å². The van der Waals surface area contributed by atoms with Crippen LogP contribution in [0.5, 0.6) is 0 Å². The summed E-state index contributed by atoms with van der Waals surface area (Å²) in [7, 11) is 0. The molecule has 1 aromatic rings. The summed E-state index contributed by atoms with van der Waals surface area (Å²) in [4.78, 5) is 15.1. The molecule has 0 unspecified atom stereocenters. The van der Waals surface area contributed by atoms with Crippen LogP contribution >= 0.6 is 11.8 Å². The van der Waals surface area contributed by atoms with Gasteiger partial charge in [0.15, 0.2) is 0 Å². The lowest BCUT2D eigenvalue weighted by molar-refractivity contribution is 0.296. The van der Waals surface area contributed by atoms with Crippen LogP contribution in [-0.4, -0.2) is 57.8 Å². The van der Waals surface area contributed by atoms with Gasteiger partial charge in [0, 0.05) is 32.0 Å². The zero-order valence-corrected chi connectivity index (χ0v) is 12.9. The SMILES string of the molecule is NNc1nc(NCCSCCCO)nc(N2CCCC2)n1. The van der Waals surface area contributed by atoms with Gasteiger partial charge in [-0.25, -0.2) is 5.84 Å². The van der Waals surface area contributed by atoms with Gasteiger partial charge in [-0.3, -0.25) is 5.43 Å². The molecular formula is C12H23N7OS. The highest BCUT2D eigenvalue weighted by Crippen LogP contribution is 2.18. The third-order valence-electron chi connectivity index (χ3n) is 3.12. The number of hydrogen-bond acceptors (Lipinski definition) is 9. The highest BCUT2D eigenvalue weighted by Gasteiger charge is 2.17. The fourth-order valence-corrected chi connectivity index (χ4v) is 2.85. The third-order valence-corrected chi connectivity index (χ3v) is 4.19. The lowest BCUT2D eigenvalue weighted by Crippen LogP contribution is -2.23. The standard InChI is InChI=1S/C12H23N7OS/c13-18-11-15-10(14-4-9-21-8-3-7-20)16-12(17-11)19-5-1-2-6-19/h20H,1-9,13H2,(H2,14,15,16,17,18). The summed E-state index contributed by atoms with van der Waals surface area (Å²) in [6, 6.07) is 0. The molecule has 118 valence electrons. The maximum Gasteiger partial charge on any atom is 0.243 e. The van der Waals surface area contributed by atoms with Crippen LogP contribution in [0.15, 0.2) is 0 Å². The van der Waals surface area contributed by atoms with Crippen molar-refractivity contribution in [2.75, 3.05) is 53.4 Å². The first-order valence-electron chi connectivity index (χ1n) is 7.23. The predicted molar refractivity (Wildman–Crippen MR) is 86.6 cm³/mol. The van der Waals surface area contributed by atoms with Gasteiger partial charge in [-0.1, -0.05) is 0 Å². The number of hydrazine groups is 1. The van der Waals surface area contributed by atoms with Crippen molar-refractivity contribution >= 4 is 29.6 Å². The molecule has 9 heteroatoms. The molecule has 2 heterocycles. The summed E-state index contributed by atoms with van der Waals surface area (Å²) >= 11 is 1.79. The molecule has 8 nitrogen and oxygen atoms in total. The Kier molecular flexibility index (Phi) is 6.77. The molecule has 1 aromatic heterocycles. The molecule has 0 saturated carbocycles. The second-order valence-electron chi connectivity index (χ2n) is 4.74. The average molecular weight is 313 g/mol. The van der Waals surface area contributed by atoms with Crippen LogP contribution in [0.25, 0.3) is 0 Å².